The van der Waals surface area contributed by atoms with Crippen LogP contribution in [0.1, 0.15) is 16.3 Å². The number of hydrogen-bond acceptors (Lipinski definition) is 5. The summed E-state index contributed by atoms with van der Waals surface area (Å²) in [5, 5.41) is 3.23. The Balaban J connectivity index is 1.95. The van der Waals surface area contributed by atoms with Crippen LogP contribution >= 0.6 is 0 Å². The molecule has 1 amide bonds. The highest BCUT2D eigenvalue weighted by atomic mass is 16.5. The number of carbonyl (C=O) groups excluding carboxylic acids is 1. The number of amides is 1. The highest BCUT2D eigenvalue weighted by Gasteiger charge is 2.17. The molecule has 1 aromatic carbocycles. The lowest BCUT2D eigenvalue weighted by Gasteiger charge is -2.13. The predicted octanol–water partition coefficient (Wildman–Crippen LogP) is 1.37. The second-order valence-electron chi connectivity index (χ2n) is 5.41. The lowest BCUT2D eigenvalue weighted by atomic mass is 10.2. The van der Waals surface area contributed by atoms with Gasteiger partial charge in [0.05, 0.1) is 36.3 Å². The van der Waals surface area contributed by atoms with Crippen molar-refractivity contribution in [3.05, 3.63) is 70.5 Å². The van der Waals surface area contributed by atoms with Crippen LogP contribution in [-0.2, 0) is 17.8 Å². The van der Waals surface area contributed by atoms with Gasteiger partial charge in [0.25, 0.3) is 11.5 Å². The molecule has 0 unspecified atom stereocenters. The van der Waals surface area contributed by atoms with Gasteiger partial charge in [-0.2, -0.15) is 0 Å². The van der Waals surface area contributed by atoms with E-state index in [9.17, 15) is 9.59 Å². The molecule has 2 heterocycles. The molecular weight excluding hydrogens is 320 g/mol. The zero-order valence-electron chi connectivity index (χ0n) is 13.8. The summed E-state index contributed by atoms with van der Waals surface area (Å²) in [7, 11) is 1.54. The van der Waals surface area contributed by atoms with Crippen LogP contribution in [0.5, 0.6) is 0 Å². The van der Waals surface area contributed by atoms with Crippen molar-refractivity contribution >= 4 is 16.8 Å². The van der Waals surface area contributed by atoms with Crippen molar-refractivity contribution in [2.75, 3.05) is 13.7 Å². The van der Waals surface area contributed by atoms with Gasteiger partial charge in [0, 0.05) is 13.3 Å². The fraction of sp³-hybridized carbons (Fsp3) is 0.222. The van der Waals surface area contributed by atoms with Crippen LogP contribution in [0, 0.1) is 0 Å². The fourth-order valence-electron chi connectivity index (χ4n) is 2.48. The minimum absolute atomic E-state index is 0.0664. The maximum atomic E-state index is 12.7. The van der Waals surface area contributed by atoms with E-state index in [0.717, 1.165) is 5.69 Å². The number of methoxy groups -OCH3 is 1. The second kappa shape index (κ2) is 7.67. The van der Waals surface area contributed by atoms with Gasteiger partial charge in [0.2, 0.25) is 5.82 Å². The number of fused-ring (bicyclic) bond motifs is 1. The van der Waals surface area contributed by atoms with Gasteiger partial charge in [-0.3, -0.25) is 19.1 Å². The number of nitrogens with zero attached hydrogens (tertiary/aromatic N) is 3. The average Bonchev–Trinajstić information content (AvgIpc) is 2.66. The van der Waals surface area contributed by atoms with E-state index in [4.69, 9.17) is 4.74 Å². The van der Waals surface area contributed by atoms with E-state index in [1.54, 1.807) is 43.6 Å². The Morgan fingerprint density at radius 3 is 2.76 bits per heavy atom. The van der Waals surface area contributed by atoms with Crippen LogP contribution in [0.4, 0.5) is 0 Å². The fourth-order valence-corrected chi connectivity index (χ4v) is 2.48. The number of para-hydroxylation sites is 1. The Labute approximate surface area is 144 Å². The van der Waals surface area contributed by atoms with Crippen molar-refractivity contribution < 1.29 is 9.53 Å². The number of ether oxygens (including phenoxy) is 1. The minimum atomic E-state index is -0.426. The van der Waals surface area contributed by atoms with Gasteiger partial charge < -0.3 is 10.1 Å². The molecule has 2 aromatic heterocycles. The molecule has 3 rings (SSSR count). The molecule has 128 valence electrons. The quantitative estimate of drug-likeness (QED) is 0.733. The highest BCUT2D eigenvalue weighted by molar-refractivity contribution is 5.92. The number of carbonyl (C=O) groups is 1. The standard InChI is InChI=1S/C18H18N4O3/c1-25-11-10-22-16(17(23)20-12-13-6-4-5-9-19-13)21-15-8-3-2-7-14(15)18(22)24/h2-9H,10-12H2,1H3,(H,20,23). The molecule has 7 heteroatoms. The first-order chi connectivity index (χ1) is 12.2. The molecule has 0 saturated carbocycles. The summed E-state index contributed by atoms with van der Waals surface area (Å²) in [4.78, 5) is 33.8. The van der Waals surface area contributed by atoms with E-state index in [0.29, 0.717) is 17.5 Å². The van der Waals surface area contributed by atoms with Gasteiger partial charge in [0.1, 0.15) is 0 Å². The molecule has 0 spiro atoms. The van der Waals surface area contributed by atoms with Gasteiger partial charge in [-0.05, 0) is 24.3 Å². The van der Waals surface area contributed by atoms with Crippen LogP contribution in [0.2, 0.25) is 0 Å². The molecule has 0 aliphatic carbocycles. The van der Waals surface area contributed by atoms with Gasteiger partial charge in [0.15, 0.2) is 0 Å². The van der Waals surface area contributed by atoms with E-state index >= 15 is 0 Å². The molecule has 0 atom stereocenters. The third-order valence-electron chi connectivity index (χ3n) is 3.74. The molecule has 25 heavy (non-hydrogen) atoms. The summed E-state index contributed by atoms with van der Waals surface area (Å²) in [6.45, 7) is 0.812. The first kappa shape index (κ1) is 16.8. The Morgan fingerprint density at radius 1 is 1.20 bits per heavy atom. The zero-order chi connectivity index (χ0) is 17.6. The molecule has 0 aliphatic heterocycles. The minimum Gasteiger partial charge on any atom is -0.383 e. The van der Waals surface area contributed by atoms with Gasteiger partial charge in [-0.1, -0.05) is 18.2 Å². The van der Waals surface area contributed by atoms with Crippen molar-refractivity contribution in [2.45, 2.75) is 13.1 Å². The monoisotopic (exact) mass is 338 g/mol. The number of pyridine rings is 1. The lowest BCUT2D eigenvalue weighted by Crippen LogP contribution is -2.34. The smallest absolute Gasteiger partial charge is 0.287 e. The van der Waals surface area contributed by atoms with Gasteiger partial charge in [-0.15, -0.1) is 0 Å². The van der Waals surface area contributed by atoms with Crippen LogP contribution in [0.3, 0.4) is 0 Å². The van der Waals surface area contributed by atoms with Crippen LogP contribution in [-0.4, -0.2) is 34.2 Å². The molecule has 0 radical (unpaired) electrons. The first-order valence-electron chi connectivity index (χ1n) is 7.87. The van der Waals surface area contributed by atoms with E-state index < -0.39 is 5.91 Å². The summed E-state index contributed by atoms with van der Waals surface area (Å²) in [6.07, 6.45) is 1.66. The Morgan fingerprint density at radius 2 is 2.00 bits per heavy atom. The largest absolute Gasteiger partial charge is 0.383 e. The number of rotatable bonds is 6. The van der Waals surface area contributed by atoms with Crippen LogP contribution in [0.25, 0.3) is 10.9 Å². The molecule has 0 bridgehead atoms. The predicted molar refractivity (Wildman–Crippen MR) is 93.3 cm³/mol. The molecule has 7 nitrogen and oxygen atoms in total. The van der Waals surface area contributed by atoms with E-state index in [1.165, 1.54) is 4.57 Å². The molecule has 0 aliphatic rings. The summed E-state index contributed by atoms with van der Waals surface area (Å²) < 4.78 is 6.39. The van der Waals surface area contributed by atoms with Gasteiger partial charge >= 0.3 is 0 Å². The summed E-state index contributed by atoms with van der Waals surface area (Å²) in [6, 6.07) is 12.4. The Kier molecular flexibility index (Phi) is 5.15. The number of aromatic nitrogens is 3. The van der Waals surface area contributed by atoms with Crippen molar-refractivity contribution in [1.82, 2.24) is 19.9 Å². The molecular formula is C18H18N4O3. The van der Waals surface area contributed by atoms with Crippen molar-refractivity contribution in [2.24, 2.45) is 0 Å². The molecule has 3 aromatic rings. The third kappa shape index (κ3) is 3.72. The van der Waals surface area contributed by atoms with Crippen molar-refractivity contribution in [3.63, 3.8) is 0 Å². The maximum Gasteiger partial charge on any atom is 0.287 e. The van der Waals surface area contributed by atoms with E-state index in [-0.39, 0.29) is 24.5 Å². The SMILES string of the molecule is COCCn1c(C(=O)NCc2ccccn2)nc2ccccc2c1=O. The zero-order valence-corrected chi connectivity index (χ0v) is 13.8. The van der Waals surface area contributed by atoms with Crippen molar-refractivity contribution in [1.29, 1.82) is 0 Å². The highest BCUT2D eigenvalue weighted by Crippen LogP contribution is 2.08. The lowest BCUT2D eigenvalue weighted by molar-refractivity contribution is 0.0930. The normalized spacial score (nSPS) is 10.8. The summed E-state index contributed by atoms with van der Waals surface area (Å²) in [5.74, 6) is -0.360. The number of hydrogen-bond donors (Lipinski definition) is 1. The Bertz CT molecular complexity index is 938. The second-order valence-corrected chi connectivity index (χ2v) is 5.41. The van der Waals surface area contributed by atoms with Crippen molar-refractivity contribution in [3.8, 4) is 0 Å². The van der Waals surface area contributed by atoms with Crippen LogP contribution in [0.15, 0.2) is 53.5 Å². The first-order valence-corrected chi connectivity index (χ1v) is 7.87. The number of benzene rings is 1. The maximum absolute atomic E-state index is 12.7. The molecule has 1 N–H and O–H groups in total. The van der Waals surface area contributed by atoms with Crippen LogP contribution < -0.4 is 10.9 Å². The summed E-state index contributed by atoms with van der Waals surface area (Å²) >= 11 is 0. The molecule has 0 saturated heterocycles. The van der Waals surface area contributed by atoms with E-state index in [1.807, 2.05) is 12.1 Å². The van der Waals surface area contributed by atoms with Gasteiger partial charge in [-0.25, -0.2) is 4.98 Å². The summed E-state index contributed by atoms with van der Waals surface area (Å²) in [5.41, 5.74) is 0.956. The molecule has 0 fully saturated rings. The Hall–Kier alpha value is -3.06. The third-order valence-corrected chi connectivity index (χ3v) is 3.74. The topological polar surface area (TPSA) is 86.1 Å². The average molecular weight is 338 g/mol. The van der Waals surface area contributed by atoms with E-state index in [2.05, 4.69) is 15.3 Å². The number of nitrogens with one attached hydrogen (secondary N) is 1.